The molecule has 142 valence electrons. The number of nitrogens with zero attached hydrogens (tertiary/aromatic N) is 2. The maximum Gasteiger partial charge on any atom is 0.319 e. The number of hydrogen-bond acceptors (Lipinski definition) is 3. The number of anilines is 1. The molecular weight excluding hydrogens is 340 g/mol. The van der Waals surface area contributed by atoms with Crippen molar-refractivity contribution in [3.8, 4) is 0 Å². The Bertz CT molecular complexity index is 931. The van der Waals surface area contributed by atoms with E-state index in [1.807, 2.05) is 44.2 Å². The smallest absolute Gasteiger partial charge is 0.319 e. The van der Waals surface area contributed by atoms with Gasteiger partial charge >= 0.3 is 6.03 Å². The van der Waals surface area contributed by atoms with Crippen LogP contribution in [-0.2, 0) is 11.3 Å². The molecule has 2 heterocycles. The highest BCUT2D eigenvalue weighted by molar-refractivity contribution is 5.93. The number of carbonyl (C=O) groups is 1. The van der Waals surface area contributed by atoms with Crippen molar-refractivity contribution in [2.45, 2.75) is 33.4 Å². The summed E-state index contributed by atoms with van der Waals surface area (Å²) in [5, 5.41) is 6.95. The number of nitrogens with one attached hydrogen (secondary N) is 2. The second kappa shape index (κ2) is 8.22. The third kappa shape index (κ3) is 4.46. The van der Waals surface area contributed by atoms with Gasteiger partial charge in [0.05, 0.1) is 12.6 Å². The second-order valence-electron chi connectivity index (χ2n) is 6.76. The summed E-state index contributed by atoms with van der Waals surface area (Å²) in [5.74, 6) is 0. The van der Waals surface area contributed by atoms with Crippen LogP contribution in [0.1, 0.15) is 29.9 Å². The Morgan fingerprint density at radius 1 is 1.22 bits per heavy atom. The molecule has 0 radical (unpaired) electrons. The van der Waals surface area contributed by atoms with E-state index in [0.717, 1.165) is 34.4 Å². The summed E-state index contributed by atoms with van der Waals surface area (Å²) in [7, 11) is 1.70. The number of methoxy groups -OCH3 is 1. The van der Waals surface area contributed by atoms with Crippen LogP contribution in [0.5, 0.6) is 0 Å². The lowest BCUT2D eigenvalue weighted by Crippen LogP contribution is -2.31. The Morgan fingerprint density at radius 3 is 2.74 bits per heavy atom. The predicted molar refractivity (Wildman–Crippen MR) is 108 cm³/mol. The lowest BCUT2D eigenvalue weighted by atomic mass is 10.1. The molecule has 0 aliphatic rings. The molecule has 0 unspecified atom stereocenters. The third-order valence-electron chi connectivity index (χ3n) is 4.67. The number of rotatable bonds is 6. The number of fused-ring (bicyclic) bond motifs is 1. The third-order valence-corrected chi connectivity index (χ3v) is 4.67. The molecule has 1 aromatic carbocycles. The zero-order valence-electron chi connectivity index (χ0n) is 16.2. The minimum absolute atomic E-state index is 0.126. The van der Waals surface area contributed by atoms with Crippen LogP contribution in [0.15, 0.2) is 42.6 Å². The van der Waals surface area contributed by atoms with Crippen LogP contribution >= 0.6 is 0 Å². The van der Waals surface area contributed by atoms with Gasteiger partial charge in [-0.25, -0.2) is 4.79 Å². The standard InChI is InChI=1S/C21H26N4O2/c1-14-5-6-17(13-22-14)16(3)23-21(26)24-19-7-8-20-18(12-19)11-15(2)25(20)9-10-27-4/h5-8,11-13,16H,9-10H2,1-4H3,(H2,23,24,26)/t16-/m1/s1. The van der Waals surface area contributed by atoms with Crippen molar-refractivity contribution in [2.24, 2.45) is 0 Å². The average molecular weight is 366 g/mol. The van der Waals surface area contributed by atoms with Crippen LogP contribution in [0.3, 0.4) is 0 Å². The highest BCUT2D eigenvalue weighted by atomic mass is 16.5. The second-order valence-corrected chi connectivity index (χ2v) is 6.76. The normalized spacial score (nSPS) is 12.1. The van der Waals surface area contributed by atoms with Crippen molar-refractivity contribution in [1.29, 1.82) is 0 Å². The molecule has 3 aromatic rings. The number of benzene rings is 1. The summed E-state index contributed by atoms with van der Waals surface area (Å²) in [4.78, 5) is 16.6. The van der Waals surface area contributed by atoms with Crippen molar-refractivity contribution in [1.82, 2.24) is 14.9 Å². The number of amides is 2. The molecular formula is C21H26N4O2. The molecule has 6 nitrogen and oxygen atoms in total. The lowest BCUT2D eigenvalue weighted by Gasteiger charge is -2.15. The monoisotopic (exact) mass is 366 g/mol. The molecule has 1 atom stereocenters. The maximum absolute atomic E-state index is 12.3. The predicted octanol–water partition coefficient (Wildman–Crippen LogP) is 4.18. The van der Waals surface area contributed by atoms with Crippen molar-refractivity contribution >= 4 is 22.6 Å². The minimum atomic E-state index is -0.238. The zero-order valence-corrected chi connectivity index (χ0v) is 16.2. The number of urea groups is 1. The van der Waals surface area contributed by atoms with Gasteiger partial charge in [-0.3, -0.25) is 4.98 Å². The van der Waals surface area contributed by atoms with Crippen molar-refractivity contribution in [3.63, 3.8) is 0 Å². The molecule has 2 aromatic heterocycles. The Hall–Kier alpha value is -2.86. The molecule has 0 saturated heterocycles. The van der Waals surface area contributed by atoms with Crippen LogP contribution in [0.4, 0.5) is 10.5 Å². The van der Waals surface area contributed by atoms with Gasteiger partial charge in [0.25, 0.3) is 0 Å². The van der Waals surface area contributed by atoms with E-state index in [4.69, 9.17) is 4.74 Å². The van der Waals surface area contributed by atoms with E-state index in [9.17, 15) is 4.79 Å². The fourth-order valence-electron chi connectivity index (χ4n) is 3.15. The van der Waals surface area contributed by atoms with E-state index in [1.54, 1.807) is 13.3 Å². The number of aryl methyl sites for hydroxylation is 2. The zero-order chi connectivity index (χ0) is 19.4. The van der Waals surface area contributed by atoms with Crippen LogP contribution in [0, 0.1) is 13.8 Å². The van der Waals surface area contributed by atoms with E-state index in [1.165, 1.54) is 5.69 Å². The van der Waals surface area contributed by atoms with Crippen LogP contribution in [0.25, 0.3) is 10.9 Å². The highest BCUT2D eigenvalue weighted by Crippen LogP contribution is 2.23. The highest BCUT2D eigenvalue weighted by Gasteiger charge is 2.11. The van der Waals surface area contributed by atoms with E-state index >= 15 is 0 Å². The Morgan fingerprint density at radius 2 is 2.04 bits per heavy atom. The number of ether oxygens (including phenoxy) is 1. The molecule has 0 fully saturated rings. The number of pyridine rings is 1. The minimum Gasteiger partial charge on any atom is -0.383 e. The van der Waals surface area contributed by atoms with Crippen LogP contribution < -0.4 is 10.6 Å². The number of carbonyl (C=O) groups excluding carboxylic acids is 1. The van der Waals surface area contributed by atoms with Crippen LogP contribution in [0.2, 0.25) is 0 Å². The first-order valence-corrected chi connectivity index (χ1v) is 9.07. The summed E-state index contributed by atoms with van der Waals surface area (Å²) in [5.41, 5.74) is 4.99. The Kier molecular flexibility index (Phi) is 5.76. The maximum atomic E-state index is 12.3. The number of hydrogen-bond donors (Lipinski definition) is 2. The quantitative estimate of drug-likeness (QED) is 0.687. The van der Waals surface area contributed by atoms with E-state index in [-0.39, 0.29) is 12.1 Å². The van der Waals surface area contributed by atoms with Crippen molar-refractivity contribution < 1.29 is 9.53 Å². The van der Waals surface area contributed by atoms with E-state index in [2.05, 4.69) is 33.2 Å². The molecule has 0 spiro atoms. The molecule has 0 aliphatic heterocycles. The first kappa shape index (κ1) is 18.9. The van der Waals surface area contributed by atoms with Crippen LogP contribution in [-0.4, -0.2) is 29.3 Å². The van der Waals surface area contributed by atoms with Gasteiger partial charge in [-0.2, -0.15) is 0 Å². The summed E-state index contributed by atoms with van der Waals surface area (Å²) in [6.07, 6.45) is 1.79. The largest absolute Gasteiger partial charge is 0.383 e. The molecule has 3 rings (SSSR count). The fraction of sp³-hybridized carbons (Fsp3) is 0.333. The molecule has 2 amide bonds. The molecule has 0 aliphatic carbocycles. The fourth-order valence-corrected chi connectivity index (χ4v) is 3.15. The topological polar surface area (TPSA) is 68.2 Å². The number of aromatic nitrogens is 2. The van der Waals surface area contributed by atoms with Gasteiger partial charge < -0.3 is 19.9 Å². The van der Waals surface area contributed by atoms with Gasteiger partial charge in [0, 0.05) is 47.8 Å². The van der Waals surface area contributed by atoms with E-state index < -0.39 is 0 Å². The SMILES string of the molecule is COCCn1c(C)cc2cc(NC(=O)N[C@H](C)c3ccc(C)nc3)ccc21. The van der Waals surface area contributed by atoms with Crippen molar-refractivity contribution in [2.75, 3.05) is 19.0 Å². The Labute approximate surface area is 159 Å². The first-order chi connectivity index (χ1) is 13.0. The Balaban J connectivity index is 1.68. The van der Waals surface area contributed by atoms with Gasteiger partial charge in [0.2, 0.25) is 0 Å². The lowest BCUT2D eigenvalue weighted by molar-refractivity contribution is 0.188. The van der Waals surface area contributed by atoms with Gasteiger partial charge in [-0.05, 0) is 56.7 Å². The molecule has 0 saturated carbocycles. The van der Waals surface area contributed by atoms with Gasteiger partial charge in [0.15, 0.2) is 0 Å². The van der Waals surface area contributed by atoms with Gasteiger partial charge in [-0.1, -0.05) is 6.07 Å². The van der Waals surface area contributed by atoms with E-state index in [0.29, 0.717) is 6.61 Å². The average Bonchev–Trinajstić information content (AvgIpc) is 2.94. The summed E-state index contributed by atoms with van der Waals surface area (Å²) in [6.45, 7) is 7.43. The first-order valence-electron chi connectivity index (χ1n) is 9.07. The molecule has 27 heavy (non-hydrogen) atoms. The van der Waals surface area contributed by atoms with Gasteiger partial charge in [0.1, 0.15) is 0 Å². The summed E-state index contributed by atoms with van der Waals surface area (Å²) in [6, 6.07) is 11.6. The molecule has 0 bridgehead atoms. The summed E-state index contributed by atoms with van der Waals surface area (Å²) >= 11 is 0. The van der Waals surface area contributed by atoms with Crippen molar-refractivity contribution in [3.05, 3.63) is 59.5 Å². The summed E-state index contributed by atoms with van der Waals surface area (Å²) < 4.78 is 7.40. The van der Waals surface area contributed by atoms with Gasteiger partial charge in [-0.15, -0.1) is 0 Å². The molecule has 6 heteroatoms. The molecule has 2 N–H and O–H groups in total.